The summed E-state index contributed by atoms with van der Waals surface area (Å²) in [6, 6.07) is 14.8. The molecule has 2 amide bonds. The number of ether oxygens (including phenoxy) is 2. The lowest BCUT2D eigenvalue weighted by molar-refractivity contribution is -0.132. The van der Waals surface area contributed by atoms with Gasteiger partial charge in [-0.1, -0.05) is 31.4 Å². The Bertz CT molecular complexity index is 1160. The minimum Gasteiger partial charge on any atom is -0.485 e. The molecule has 2 aliphatic rings. The van der Waals surface area contributed by atoms with Crippen molar-refractivity contribution in [2.75, 3.05) is 11.5 Å². The van der Waals surface area contributed by atoms with Crippen LogP contribution in [-0.4, -0.2) is 30.6 Å². The molecule has 5 rings (SSSR count). The number of nitrogens with one attached hydrogen (secondary N) is 1. The van der Waals surface area contributed by atoms with Gasteiger partial charge in [0.05, 0.1) is 6.26 Å². The predicted octanol–water partition coefficient (Wildman–Crippen LogP) is 4.78. The Morgan fingerprint density at radius 2 is 1.69 bits per heavy atom. The van der Waals surface area contributed by atoms with E-state index in [4.69, 9.17) is 13.9 Å². The van der Waals surface area contributed by atoms with Crippen LogP contribution in [0.3, 0.4) is 0 Å². The first-order chi connectivity index (χ1) is 17.1. The highest BCUT2D eigenvalue weighted by atomic mass is 19.1. The van der Waals surface area contributed by atoms with E-state index in [0.717, 1.165) is 32.1 Å². The molecule has 7 nitrogen and oxygen atoms in total. The standard InChI is InChI=1S/C27H27FN2O5/c28-18-12-14-20(15-13-18)30(27(32)24-17-34-21-9-4-5-10-22(21)35-24)25(23-11-6-16-33-23)26(31)29-19-7-2-1-3-8-19/h4-6,9-16,19,24-25H,1-3,7-8,17H2,(H,29,31). The fraction of sp³-hybridized carbons (Fsp3) is 0.333. The van der Waals surface area contributed by atoms with Crippen LogP contribution >= 0.6 is 0 Å². The number of furan rings is 1. The molecule has 0 spiro atoms. The molecule has 0 saturated heterocycles. The largest absolute Gasteiger partial charge is 0.485 e. The third-order valence-corrected chi connectivity index (χ3v) is 6.40. The van der Waals surface area contributed by atoms with Crippen LogP contribution in [0.5, 0.6) is 11.5 Å². The van der Waals surface area contributed by atoms with Gasteiger partial charge in [0.1, 0.15) is 18.2 Å². The van der Waals surface area contributed by atoms with E-state index in [1.807, 2.05) is 6.07 Å². The van der Waals surface area contributed by atoms with Gasteiger partial charge in [-0.25, -0.2) is 4.39 Å². The lowest BCUT2D eigenvalue weighted by atomic mass is 9.95. The summed E-state index contributed by atoms with van der Waals surface area (Å²) in [7, 11) is 0. The Morgan fingerprint density at radius 1 is 0.943 bits per heavy atom. The van der Waals surface area contributed by atoms with Gasteiger partial charge in [0, 0.05) is 11.7 Å². The normalized spacial score (nSPS) is 18.5. The number of carbonyl (C=O) groups excluding carboxylic acids is 2. The zero-order valence-electron chi connectivity index (χ0n) is 19.2. The highest BCUT2D eigenvalue weighted by Gasteiger charge is 2.41. The van der Waals surface area contributed by atoms with E-state index in [-0.39, 0.29) is 18.6 Å². The minimum atomic E-state index is -1.11. The van der Waals surface area contributed by atoms with Crippen molar-refractivity contribution in [3.05, 3.63) is 78.5 Å². The molecule has 2 atom stereocenters. The van der Waals surface area contributed by atoms with E-state index in [1.165, 1.54) is 35.4 Å². The molecule has 3 aromatic rings. The number of para-hydroxylation sites is 2. The summed E-state index contributed by atoms with van der Waals surface area (Å²) >= 11 is 0. The van der Waals surface area contributed by atoms with Crippen molar-refractivity contribution in [2.24, 2.45) is 0 Å². The van der Waals surface area contributed by atoms with Gasteiger partial charge in [-0.3, -0.25) is 14.5 Å². The first-order valence-corrected chi connectivity index (χ1v) is 11.9. The molecule has 1 N–H and O–H groups in total. The summed E-state index contributed by atoms with van der Waals surface area (Å²) < 4.78 is 31.1. The summed E-state index contributed by atoms with van der Waals surface area (Å²) in [5.41, 5.74) is 0.346. The van der Waals surface area contributed by atoms with Gasteiger partial charge in [-0.05, 0) is 61.4 Å². The number of amides is 2. The molecule has 1 aromatic heterocycles. The molecular formula is C27H27FN2O5. The molecule has 2 heterocycles. The maximum Gasteiger partial charge on any atom is 0.272 e. The Labute approximate surface area is 202 Å². The van der Waals surface area contributed by atoms with Gasteiger partial charge < -0.3 is 19.2 Å². The van der Waals surface area contributed by atoms with Crippen molar-refractivity contribution in [3.63, 3.8) is 0 Å². The van der Waals surface area contributed by atoms with E-state index in [9.17, 15) is 14.0 Å². The zero-order valence-corrected chi connectivity index (χ0v) is 19.2. The SMILES string of the molecule is O=C(NC1CCCCC1)C(c1ccco1)N(C(=O)C1COc2ccccc2O1)c1ccc(F)cc1. The van der Waals surface area contributed by atoms with Gasteiger partial charge in [-0.15, -0.1) is 0 Å². The van der Waals surface area contributed by atoms with Crippen LogP contribution in [0.25, 0.3) is 0 Å². The van der Waals surface area contributed by atoms with Crippen LogP contribution < -0.4 is 19.7 Å². The Morgan fingerprint density at radius 3 is 2.40 bits per heavy atom. The highest BCUT2D eigenvalue weighted by Crippen LogP contribution is 2.34. The number of hydrogen-bond donors (Lipinski definition) is 1. The molecule has 1 saturated carbocycles. The van der Waals surface area contributed by atoms with Crippen molar-refractivity contribution in [2.45, 2.75) is 50.3 Å². The lowest BCUT2D eigenvalue weighted by Gasteiger charge is -2.35. The van der Waals surface area contributed by atoms with Crippen molar-refractivity contribution in [1.29, 1.82) is 0 Å². The number of hydrogen-bond acceptors (Lipinski definition) is 5. The van der Waals surface area contributed by atoms with Crippen LogP contribution in [0, 0.1) is 5.82 Å². The summed E-state index contributed by atoms with van der Waals surface area (Å²) in [5, 5.41) is 3.10. The highest BCUT2D eigenvalue weighted by molar-refractivity contribution is 6.03. The van der Waals surface area contributed by atoms with E-state index >= 15 is 0 Å². The minimum absolute atomic E-state index is 0.0251. The first-order valence-electron chi connectivity index (χ1n) is 11.9. The van der Waals surface area contributed by atoms with Crippen LogP contribution in [0.1, 0.15) is 43.9 Å². The third-order valence-electron chi connectivity index (χ3n) is 6.40. The maximum absolute atomic E-state index is 13.9. The van der Waals surface area contributed by atoms with Gasteiger partial charge in [-0.2, -0.15) is 0 Å². The number of anilines is 1. The second-order valence-corrected chi connectivity index (χ2v) is 8.81. The lowest BCUT2D eigenvalue weighted by Crippen LogP contribution is -2.52. The molecule has 1 aliphatic carbocycles. The fourth-order valence-corrected chi connectivity index (χ4v) is 4.65. The molecule has 35 heavy (non-hydrogen) atoms. The summed E-state index contributed by atoms with van der Waals surface area (Å²) in [6.45, 7) is -0.0251. The summed E-state index contributed by atoms with van der Waals surface area (Å²) in [4.78, 5) is 28.9. The average Bonchev–Trinajstić information content (AvgIpc) is 3.42. The number of nitrogens with zero attached hydrogens (tertiary/aromatic N) is 1. The first kappa shape index (κ1) is 23.0. The molecule has 8 heteroatoms. The second-order valence-electron chi connectivity index (χ2n) is 8.81. The number of fused-ring (bicyclic) bond motifs is 1. The maximum atomic E-state index is 13.9. The quantitative estimate of drug-likeness (QED) is 0.551. The molecule has 1 aliphatic heterocycles. The fourth-order valence-electron chi connectivity index (χ4n) is 4.65. The number of carbonyl (C=O) groups is 2. The van der Waals surface area contributed by atoms with E-state index < -0.39 is 23.9 Å². The molecule has 0 bridgehead atoms. The van der Waals surface area contributed by atoms with Crippen LogP contribution in [0.2, 0.25) is 0 Å². The van der Waals surface area contributed by atoms with Crippen molar-refractivity contribution < 1.29 is 27.9 Å². The van der Waals surface area contributed by atoms with Gasteiger partial charge in [0.2, 0.25) is 6.10 Å². The Hall–Kier alpha value is -3.81. The predicted molar refractivity (Wildman–Crippen MR) is 127 cm³/mol. The van der Waals surface area contributed by atoms with Gasteiger partial charge >= 0.3 is 0 Å². The number of rotatable bonds is 6. The average molecular weight is 479 g/mol. The van der Waals surface area contributed by atoms with Crippen LogP contribution in [0.15, 0.2) is 71.3 Å². The van der Waals surface area contributed by atoms with E-state index in [1.54, 1.807) is 30.3 Å². The molecule has 2 unspecified atom stereocenters. The molecular weight excluding hydrogens is 451 g/mol. The smallest absolute Gasteiger partial charge is 0.272 e. The van der Waals surface area contributed by atoms with Crippen molar-refractivity contribution in [1.82, 2.24) is 5.32 Å². The van der Waals surface area contributed by atoms with E-state index in [2.05, 4.69) is 5.32 Å². The van der Waals surface area contributed by atoms with Gasteiger partial charge in [0.25, 0.3) is 11.8 Å². The second kappa shape index (κ2) is 10.2. The molecule has 2 aromatic carbocycles. The summed E-state index contributed by atoms with van der Waals surface area (Å²) in [6.07, 6.45) is 5.46. The van der Waals surface area contributed by atoms with Crippen LogP contribution in [-0.2, 0) is 9.59 Å². The zero-order chi connectivity index (χ0) is 24.2. The topological polar surface area (TPSA) is 81.0 Å². The summed E-state index contributed by atoms with van der Waals surface area (Å²) in [5.74, 6) is -0.0190. The monoisotopic (exact) mass is 478 g/mol. The van der Waals surface area contributed by atoms with Gasteiger partial charge in [0.15, 0.2) is 17.5 Å². The number of benzene rings is 2. The molecule has 0 radical (unpaired) electrons. The number of halogens is 1. The van der Waals surface area contributed by atoms with Crippen molar-refractivity contribution in [3.8, 4) is 11.5 Å². The van der Waals surface area contributed by atoms with Crippen molar-refractivity contribution >= 4 is 17.5 Å². The molecule has 182 valence electrons. The van der Waals surface area contributed by atoms with E-state index in [0.29, 0.717) is 22.9 Å². The Kier molecular flexibility index (Phi) is 6.70. The Balaban J connectivity index is 1.50. The molecule has 1 fully saturated rings. The van der Waals surface area contributed by atoms with Crippen LogP contribution in [0.4, 0.5) is 10.1 Å². The third kappa shape index (κ3) is 5.01.